The Bertz CT molecular complexity index is 1180. The van der Waals surface area contributed by atoms with E-state index in [1.54, 1.807) is 22.2 Å². The van der Waals surface area contributed by atoms with Crippen LogP contribution in [0.25, 0.3) is 0 Å². The number of halogens is 1. The summed E-state index contributed by atoms with van der Waals surface area (Å²) in [6.45, 7) is 0.685. The van der Waals surface area contributed by atoms with Crippen LogP contribution < -0.4 is 10.6 Å². The smallest absolute Gasteiger partial charge is 0.245 e. The first kappa shape index (κ1) is 31.5. The lowest BCUT2D eigenvalue weighted by atomic mass is 9.80. The standard InChI is InChI=1S/C33H49ClN6O4/c1-39(18-21-6-2-4-8-25(21)34)33(44)29(15-22-17-37-26-9-5-3-7-24(22)26)38-31(42)30-16-23(41)19-40(30)32(43)20-10-11-27-28(14-20)36-13-12-35-27/h12-13,17,20-21,23-30,37,41H,2-11,14-16,18-19H2,1H3,(H,38,42)/t20?,21?,23-,24?,25?,26?,27?,28?,29?,30?/m1/s1. The Labute approximate surface area is 266 Å². The number of rotatable bonds is 8. The summed E-state index contributed by atoms with van der Waals surface area (Å²) in [5.74, 6) is -0.252. The van der Waals surface area contributed by atoms with Crippen LogP contribution in [0.2, 0.25) is 0 Å². The molecule has 0 spiro atoms. The summed E-state index contributed by atoms with van der Waals surface area (Å²) in [5.41, 5.74) is 1.18. The predicted octanol–water partition coefficient (Wildman–Crippen LogP) is 2.82. The number of alkyl halides is 1. The number of hydrogen-bond acceptors (Lipinski definition) is 7. The number of aliphatic hydroxyl groups excluding tert-OH is 1. The fraction of sp³-hybridized carbons (Fsp3) is 0.788. The van der Waals surface area contributed by atoms with E-state index in [-0.39, 0.29) is 60.0 Å². The zero-order chi connectivity index (χ0) is 30.8. The summed E-state index contributed by atoms with van der Waals surface area (Å²) in [6, 6.07) is -1.07. The normalized spacial score (nSPS) is 36.9. The van der Waals surface area contributed by atoms with E-state index < -0.39 is 18.2 Å². The third kappa shape index (κ3) is 6.86. The lowest BCUT2D eigenvalue weighted by molar-refractivity contribution is -0.144. The van der Waals surface area contributed by atoms with Gasteiger partial charge in [0.25, 0.3) is 0 Å². The number of carbonyl (C=O) groups is 3. The van der Waals surface area contributed by atoms with E-state index in [1.807, 2.05) is 7.05 Å². The fourth-order valence-corrected chi connectivity index (χ4v) is 8.97. The van der Waals surface area contributed by atoms with Crippen molar-refractivity contribution in [3.63, 3.8) is 0 Å². The SMILES string of the molecule is CN(CC1CCCCC1Cl)C(=O)C(CC1=CNC2CCCCC12)NC(=O)C1C[C@@H](O)CN1C(=O)C1CCC2N=CC=NC2C1. The highest BCUT2D eigenvalue weighted by Gasteiger charge is 2.45. The van der Waals surface area contributed by atoms with Gasteiger partial charge in [0.2, 0.25) is 17.7 Å². The van der Waals surface area contributed by atoms with Crippen molar-refractivity contribution in [3.8, 4) is 0 Å². The van der Waals surface area contributed by atoms with Gasteiger partial charge in [-0.2, -0.15) is 0 Å². The van der Waals surface area contributed by atoms with E-state index in [1.165, 1.54) is 18.4 Å². The number of fused-ring (bicyclic) bond motifs is 2. The average molecular weight is 629 g/mol. The minimum absolute atomic E-state index is 0.0197. The molecule has 0 aromatic carbocycles. The van der Waals surface area contributed by atoms with Crippen LogP contribution in [0.3, 0.4) is 0 Å². The molecule has 3 heterocycles. The summed E-state index contributed by atoms with van der Waals surface area (Å²) >= 11 is 6.66. The molecular weight excluding hydrogens is 580 g/mol. The summed E-state index contributed by atoms with van der Waals surface area (Å²) in [7, 11) is 1.81. The number of nitrogens with zero attached hydrogens (tertiary/aromatic N) is 4. The minimum atomic E-state index is -0.813. The molecule has 0 aromatic heterocycles. The van der Waals surface area contributed by atoms with E-state index in [0.29, 0.717) is 37.8 Å². The Kier molecular flexibility index (Phi) is 9.95. The second-order valence-corrected chi connectivity index (χ2v) is 14.6. The molecule has 242 valence electrons. The van der Waals surface area contributed by atoms with Crippen LogP contribution in [0.4, 0.5) is 0 Å². The van der Waals surface area contributed by atoms with Gasteiger partial charge in [-0.05, 0) is 69.1 Å². The van der Waals surface area contributed by atoms with E-state index in [9.17, 15) is 19.5 Å². The van der Waals surface area contributed by atoms with Gasteiger partial charge in [0, 0.05) is 62.2 Å². The number of hydrogen-bond donors (Lipinski definition) is 3. The maximum atomic E-state index is 14.0. The molecule has 0 aromatic rings. The van der Waals surface area contributed by atoms with Crippen LogP contribution in [-0.4, -0.2) is 107 Å². The fourth-order valence-electron chi connectivity index (χ4n) is 8.61. The van der Waals surface area contributed by atoms with Crippen molar-refractivity contribution in [2.45, 2.75) is 125 Å². The van der Waals surface area contributed by atoms with Crippen LogP contribution >= 0.6 is 11.6 Å². The number of likely N-dealkylation sites (tertiary alicyclic amines) is 1. The van der Waals surface area contributed by atoms with Gasteiger partial charge in [-0.3, -0.25) is 24.4 Å². The van der Waals surface area contributed by atoms with Gasteiger partial charge in [-0.1, -0.05) is 25.7 Å². The van der Waals surface area contributed by atoms with E-state index >= 15 is 0 Å². The quantitative estimate of drug-likeness (QED) is 0.357. The van der Waals surface area contributed by atoms with Crippen molar-refractivity contribution in [2.24, 2.45) is 27.7 Å². The Morgan fingerprint density at radius 2 is 1.80 bits per heavy atom. The van der Waals surface area contributed by atoms with Crippen molar-refractivity contribution in [2.75, 3.05) is 20.1 Å². The number of amides is 3. The molecule has 9 unspecified atom stereocenters. The van der Waals surface area contributed by atoms with Gasteiger partial charge in [-0.25, -0.2) is 0 Å². The highest BCUT2D eigenvalue weighted by molar-refractivity contribution is 6.20. The van der Waals surface area contributed by atoms with Crippen LogP contribution in [-0.2, 0) is 14.4 Å². The van der Waals surface area contributed by atoms with Crippen molar-refractivity contribution < 1.29 is 19.5 Å². The third-order valence-electron chi connectivity index (χ3n) is 11.1. The first-order valence-corrected chi connectivity index (χ1v) is 17.4. The molecule has 10 atom stereocenters. The van der Waals surface area contributed by atoms with E-state index in [0.717, 1.165) is 44.9 Å². The molecule has 44 heavy (non-hydrogen) atoms. The van der Waals surface area contributed by atoms with Crippen LogP contribution in [0, 0.1) is 17.8 Å². The van der Waals surface area contributed by atoms with Crippen LogP contribution in [0.1, 0.15) is 83.5 Å². The second-order valence-electron chi connectivity index (χ2n) is 14.1. The van der Waals surface area contributed by atoms with Crippen LogP contribution in [0.5, 0.6) is 0 Å². The summed E-state index contributed by atoms with van der Waals surface area (Å²) in [6.07, 6.45) is 16.1. The number of likely N-dealkylation sites (N-methyl/N-ethyl adjacent to an activating group) is 1. The maximum absolute atomic E-state index is 14.0. The lowest BCUT2D eigenvalue weighted by Gasteiger charge is -2.36. The first-order valence-electron chi connectivity index (χ1n) is 17.0. The molecule has 11 heteroatoms. The Balaban J connectivity index is 1.15. The van der Waals surface area contributed by atoms with Crippen molar-refractivity contribution in [1.29, 1.82) is 0 Å². The summed E-state index contributed by atoms with van der Waals surface area (Å²) in [5, 5.41) is 17.3. The molecule has 4 fully saturated rings. The Morgan fingerprint density at radius 1 is 1.05 bits per heavy atom. The summed E-state index contributed by atoms with van der Waals surface area (Å²) in [4.78, 5) is 54.2. The van der Waals surface area contributed by atoms with E-state index in [4.69, 9.17) is 11.6 Å². The molecule has 3 saturated carbocycles. The highest BCUT2D eigenvalue weighted by Crippen LogP contribution is 2.37. The molecule has 3 aliphatic carbocycles. The third-order valence-corrected chi connectivity index (χ3v) is 11.7. The molecule has 0 bridgehead atoms. The number of nitrogens with one attached hydrogen (secondary N) is 2. The van der Waals surface area contributed by atoms with Crippen molar-refractivity contribution >= 4 is 41.8 Å². The monoisotopic (exact) mass is 628 g/mol. The molecule has 3 amide bonds. The molecule has 6 rings (SSSR count). The molecular formula is C33H49ClN6O4. The average Bonchev–Trinajstić information content (AvgIpc) is 3.64. The zero-order valence-corrected chi connectivity index (χ0v) is 26.7. The number of carbonyl (C=O) groups excluding carboxylic acids is 3. The molecule has 10 nitrogen and oxygen atoms in total. The Morgan fingerprint density at radius 3 is 2.61 bits per heavy atom. The molecule has 6 aliphatic rings. The molecule has 3 aliphatic heterocycles. The second kappa shape index (κ2) is 13.9. The minimum Gasteiger partial charge on any atom is -0.391 e. The molecule has 1 saturated heterocycles. The zero-order valence-electron chi connectivity index (χ0n) is 26.0. The van der Waals surface area contributed by atoms with Crippen LogP contribution in [0.15, 0.2) is 21.8 Å². The van der Waals surface area contributed by atoms with Gasteiger partial charge in [-0.15, -0.1) is 11.6 Å². The van der Waals surface area contributed by atoms with Gasteiger partial charge in [0.15, 0.2) is 0 Å². The van der Waals surface area contributed by atoms with Crippen molar-refractivity contribution in [1.82, 2.24) is 20.4 Å². The van der Waals surface area contributed by atoms with Gasteiger partial charge >= 0.3 is 0 Å². The first-order chi connectivity index (χ1) is 21.3. The highest BCUT2D eigenvalue weighted by atomic mass is 35.5. The largest absolute Gasteiger partial charge is 0.391 e. The number of aliphatic imine (C=N–C) groups is 2. The molecule has 3 N–H and O–H groups in total. The predicted molar refractivity (Wildman–Crippen MR) is 171 cm³/mol. The van der Waals surface area contributed by atoms with E-state index in [2.05, 4.69) is 26.8 Å². The van der Waals surface area contributed by atoms with Gasteiger partial charge in [0.05, 0.1) is 18.2 Å². The lowest BCUT2D eigenvalue weighted by Crippen LogP contribution is -2.55. The topological polar surface area (TPSA) is 127 Å². The van der Waals surface area contributed by atoms with Gasteiger partial charge < -0.3 is 25.5 Å². The molecule has 0 radical (unpaired) electrons. The van der Waals surface area contributed by atoms with Crippen molar-refractivity contribution in [3.05, 3.63) is 11.8 Å². The maximum Gasteiger partial charge on any atom is 0.245 e. The number of aliphatic hydroxyl groups is 1. The Hall–Kier alpha value is -2.46. The number of β-amino-alcohol motifs (C(OH)–C–C–N with tert-alkyl or cyclic N) is 1. The summed E-state index contributed by atoms with van der Waals surface area (Å²) < 4.78 is 0. The van der Waals surface area contributed by atoms with Gasteiger partial charge in [0.1, 0.15) is 12.1 Å².